The fourth-order valence-electron chi connectivity index (χ4n) is 2.15. The van der Waals surface area contributed by atoms with Crippen molar-refractivity contribution >= 4 is 17.5 Å². The summed E-state index contributed by atoms with van der Waals surface area (Å²) in [6.45, 7) is 2.29. The van der Waals surface area contributed by atoms with Gasteiger partial charge < -0.3 is 10.2 Å². The number of hydrogen-bond donors (Lipinski definition) is 1. The van der Waals surface area contributed by atoms with Gasteiger partial charge in [-0.2, -0.15) is 0 Å². The van der Waals surface area contributed by atoms with E-state index in [-0.39, 0.29) is 17.5 Å². The van der Waals surface area contributed by atoms with Gasteiger partial charge in [0, 0.05) is 13.6 Å². The fraction of sp³-hybridized carbons (Fsp3) is 0.429. The molecule has 0 heterocycles. The minimum atomic E-state index is -0.993. The van der Waals surface area contributed by atoms with Gasteiger partial charge in [-0.3, -0.25) is 9.59 Å². The van der Waals surface area contributed by atoms with Crippen LogP contribution in [-0.4, -0.2) is 25.4 Å². The maximum absolute atomic E-state index is 13.7. The van der Waals surface area contributed by atoms with Crippen molar-refractivity contribution in [2.24, 2.45) is 5.41 Å². The summed E-state index contributed by atoms with van der Waals surface area (Å²) < 4.78 is 13.7. The number of halogens is 1. The number of benzene rings is 1. The molecule has 1 aromatic rings. The lowest BCUT2D eigenvalue weighted by Crippen LogP contribution is -2.44. The molecule has 1 aliphatic rings. The van der Waals surface area contributed by atoms with Gasteiger partial charge in [-0.25, -0.2) is 4.39 Å². The van der Waals surface area contributed by atoms with Crippen molar-refractivity contribution in [1.82, 2.24) is 5.32 Å². The van der Waals surface area contributed by atoms with Crippen molar-refractivity contribution in [3.8, 4) is 0 Å². The van der Waals surface area contributed by atoms with Crippen LogP contribution in [0.5, 0.6) is 0 Å². The third-order valence-corrected chi connectivity index (χ3v) is 3.45. The van der Waals surface area contributed by atoms with Gasteiger partial charge in [-0.1, -0.05) is 12.1 Å². The molecule has 102 valence electrons. The molecule has 0 aromatic heterocycles. The molecule has 1 N–H and O–H groups in total. The second kappa shape index (κ2) is 4.99. The van der Waals surface area contributed by atoms with E-state index in [2.05, 4.69) is 5.32 Å². The molecule has 1 aromatic carbocycles. The van der Waals surface area contributed by atoms with Gasteiger partial charge in [0.15, 0.2) is 0 Å². The predicted octanol–water partition coefficient (Wildman–Crippen LogP) is 1.70. The highest BCUT2D eigenvalue weighted by molar-refractivity contribution is 6.13. The van der Waals surface area contributed by atoms with E-state index in [0.29, 0.717) is 19.4 Å². The summed E-state index contributed by atoms with van der Waals surface area (Å²) in [6, 6.07) is 6.05. The minimum Gasteiger partial charge on any atom is -0.355 e. The van der Waals surface area contributed by atoms with Crippen molar-refractivity contribution in [3.63, 3.8) is 0 Å². The summed E-state index contributed by atoms with van der Waals surface area (Å²) in [6.07, 6.45) is 1.05. The number of carbonyl (C=O) groups is 2. The van der Waals surface area contributed by atoms with Crippen LogP contribution in [0.1, 0.15) is 19.8 Å². The van der Waals surface area contributed by atoms with E-state index in [9.17, 15) is 14.0 Å². The molecule has 0 saturated heterocycles. The van der Waals surface area contributed by atoms with E-state index >= 15 is 0 Å². The maximum atomic E-state index is 13.7. The zero-order valence-corrected chi connectivity index (χ0v) is 11.1. The lowest BCUT2D eigenvalue weighted by molar-refractivity contribution is -0.135. The van der Waals surface area contributed by atoms with Gasteiger partial charge in [-0.15, -0.1) is 0 Å². The smallest absolute Gasteiger partial charge is 0.242 e. The molecule has 19 heavy (non-hydrogen) atoms. The summed E-state index contributed by atoms with van der Waals surface area (Å²) in [5.41, 5.74) is -0.796. The van der Waals surface area contributed by atoms with E-state index in [1.807, 2.05) is 0 Å². The Morgan fingerprint density at radius 3 is 2.53 bits per heavy atom. The molecule has 0 bridgehead atoms. The zero-order chi connectivity index (χ0) is 14.0. The van der Waals surface area contributed by atoms with Crippen LogP contribution < -0.4 is 10.2 Å². The number of hydrogen-bond acceptors (Lipinski definition) is 2. The Bertz CT molecular complexity index is 512. The molecule has 0 atom stereocenters. The van der Waals surface area contributed by atoms with Crippen molar-refractivity contribution in [2.45, 2.75) is 19.8 Å². The molecule has 1 fully saturated rings. The first-order chi connectivity index (χ1) is 9.03. The lowest BCUT2D eigenvalue weighted by atomic mass is 10.0. The monoisotopic (exact) mass is 264 g/mol. The summed E-state index contributed by atoms with van der Waals surface area (Å²) in [5, 5.41) is 2.67. The summed E-state index contributed by atoms with van der Waals surface area (Å²) in [7, 11) is 1.50. The Morgan fingerprint density at radius 2 is 2.00 bits per heavy atom. The quantitative estimate of drug-likeness (QED) is 0.842. The van der Waals surface area contributed by atoms with Gasteiger partial charge in [0.25, 0.3) is 0 Å². The van der Waals surface area contributed by atoms with Gasteiger partial charge in [0.1, 0.15) is 11.2 Å². The van der Waals surface area contributed by atoms with Crippen LogP contribution in [0.4, 0.5) is 10.1 Å². The van der Waals surface area contributed by atoms with E-state index < -0.39 is 11.2 Å². The van der Waals surface area contributed by atoms with E-state index in [0.717, 1.165) is 0 Å². The first-order valence-electron chi connectivity index (χ1n) is 6.34. The second-order valence-corrected chi connectivity index (χ2v) is 4.76. The van der Waals surface area contributed by atoms with Crippen molar-refractivity contribution in [1.29, 1.82) is 0 Å². The van der Waals surface area contributed by atoms with E-state index in [1.165, 1.54) is 24.1 Å². The highest BCUT2D eigenvalue weighted by Gasteiger charge is 2.57. The standard InChI is InChI=1S/C14H17FN2O2/c1-3-16-12(18)14(8-9-14)13(19)17(2)11-7-5-4-6-10(11)15/h4-7H,3,8-9H2,1-2H3,(H,16,18). The first-order valence-corrected chi connectivity index (χ1v) is 6.34. The molecule has 1 saturated carbocycles. The SMILES string of the molecule is CCNC(=O)C1(C(=O)N(C)c2ccccc2F)CC1. The van der Waals surface area contributed by atoms with Gasteiger partial charge in [-0.05, 0) is 31.9 Å². The van der Waals surface area contributed by atoms with Crippen molar-refractivity contribution in [2.75, 3.05) is 18.5 Å². The fourth-order valence-corrected chi connectivity index (χ4v) is 2.15. The highest BCUT2D eigenvalue weighted by atomic mass is 19.1. The number of nitrogens with zero attached hydrogens (tertiary/aromatic N) is 1. The first kappa shape index (κ1) is 13.5. The van der Waals surface area contributed by atoms with Crippen molar-refractivity contribution in [3.05, 3.63) is 30.1 Å². The molecule has 4 nitrogen and oxygen atoms in total. The second-order valence-electron chi connectivity index (χ2n) is 4.76. The Kier molecular flexibility index (Phi) is 3.55. The average Bonchev–Trinajstić information content (AvgIpc) is 3.19. The van der Waals surface area contributed by atoms with Crippen LogP contribution in [0.15, 0.2) is 24.3 Å². The molecule has 0 radical (unpaired) electrons. The third-order valence-electron chi connectivity index (χ3n) is 3.45. The third kappa shape index (κ3) is 2.32. The number of rotatable bonds is 4. The van der Waals surface area contributed by atoms with E-state index in [4.69, 9.17) is 0 Å². The largest absolute Gasteiger partial charge is 0.355 e. The number of para-hydroxylation sites is 1. The number of nitrogens with one attached hydrogen (secondary N) is 1. The number of anilines is 1. The summed E-state index contributed by atoms with van der Waals surface area (Å²) >= 11 is 0. The molecule has 2 amide bonds. The zero-order valence-electron chi connectivity index (χ0n) is 11.1. The number of carbonyl (C=O) groups excluding carboxylic acids is 2. The average molecular weight is 264 g/mol. The molecule has 0 unspecified atom stereocenters. The van der Waals surface area contributed by atoms with Crippen LogP contribution in [0.2, 0.25) is 0 Å². The van der Waals surface area contributed by atoms with Gasteiger partial charge in [0.05, 0.1) is 5.69 Å². The molecule has 2 rings (SSSR count). The molecular formula is C14H17FN2O2. The number of amides is 2. The highest BCUT2D eigenvalue weighted by Crippen LogP contribution is 2.48. The Morgan fingerprint density at radius 1 is 1.37 bits per heavy atom. The van der Waals surface area contributed by atoms with Crippen molar-refractivity contribution < 1.29 is 14.0 Å². The van der Waals surface area contributed by atoms with Gasteiger partial charge in [0.2, 0.25) is 11.8 Å². The maximum Gasteiger partial charge on any atom is 0.242 e. The molecule has 0 aliphatic heterocycles. The molecular weight excluding hydrogens is 247 g/mol. The Balaban J connectivity index is 2.21. The summed E-state index contributed by atoms with van der Waals surface area (Å²) in [5.74, 6) is -1.07. The topological polar surface area (TPSA) is 49.4 Å². The molecule has 1 aliphatic carbocycles. The molecule has 0 spiro atoms. The lowest BCUT2D eigenvalue weighted by Gasteiger charge is -2.23. The van der Waals surface area contributed by atoms with Crippen LogP contribution in [-0.2, 0) is 9.59 Å². The Labute approximate surface area is 111 Å². The van der Waals surface area contributed by atoms with Crippen LogP contribution in [0.25, 0.3) is 0 Å². The Hall–Kier alpha value is -1.91. The van der Waals surface area contributed by atoms with E-state index in [1.54, 1.807) is 19.1 Å². The normalized spacial score (nSPS) is 15.7. The minimum absolute atomic E-state index is 0.197. The van der Waals surface area contributed by atoms with Crippen LogP contribution in [0.3, 0.4) is 0 Å². The molecule has 5 heteroatoms. The van der Waals surface area contributed by atoms with Crippen LogP contribution in [0, 0.1) is 11.2 Å². The summed E-state index contributed by atoms with van der Waals surface area (Å²) in [4.78, 5) is 25.6. The van der Waals surface area contributed by atoms with Crippen LogP contribution >= 0.6 is 0 Å². The van der Waals surface area contributed by atoms with Gasteiger partial charge >= 0.3 is 0 Å². The predicted molar refractivity (Wildman–Crippen MR) is 70.2 cm³/mol.